The van der Waals surface area contributed by atoms with E-state index in [0.717, 1.165) is 11.3 Å². The van der Waals surface area contributed by atoms with E-state index in [1.165, 1.54) is 24.3 Å². The average molecular weight is 443 g/mol. The van der Waals surface area contributed by atoms with Crippen molar-refractivity contribution in [3.63, 3.8) is 0 Å². The van der Waals surface area contributed by atoms with E-state index in [9.17, 15) is 8.42 Å². The first-order valence-electron chi connectivity index (χ1n) is 9.14. The van der Waals surface area contributed by atoms with Gasteiger partial charge in [0.05, 0.1) is 25.1 Å². The highest BCUT2D eigenvalue weighted by atomic mass is 35.5. The number of rotatable bonds is 7. The van der Waals surface area contributed by atoms with Crippen molar-refractivity contribution in [1.29, 1.82) is 0 Å². The van der Waals surface area contributed by atoms with Gasteiger partial charge in [-0.1, -0.05) is 23.7 Å². The second kappa shape index (κ2) is 8.43. The summed E-state index contributed by atoms with van der Waals surface area (Å²) in [6.07, 6.45) is 1.69. The molecule has 9 heteroatoms. The minimum atomic E-state index is -3.72. The Morgan fingerprint density at radius 3 is 2.67 bits per heavy atom. The molecule has 0 aliphatic carbocycles. The number of nitrogens with one attached hydrogen (secondary N) is 1. The summed E-state index contributed by atoms with van der Waals surface area (Å²) in [4.78, 5) is 9.15. The van der Waals surface area contributed by atoms with Crippen LogP contribution < -0.4 is 9.46 Å². The molecule has 0 radical (unpaired) electrons. The zero-order valence-corrected chi connectivity index (χ0v) is 17.7. The number of nitrogens with zero attached hydrogens (tertiary/aromatic N) is 3. The van der Waals surface area contributed by atoms with Crippen molar-refractivity contribution in [2.24, 2.45) is 0 Å². The smallest absolute Gasteiger partial charge is 0.240 e. The van der Waals surface area contributed by atoms with Crippen molar-refractivity contribution < 1.29 is 13.2 Å². The highest BCUT2D eigenvalue weighted by molar-refractivity contribution is 7.89. The molecule has 0 saturated carbocycles. The van der Waals surface area contributed by atoms with Gasteiger partial charge in [-0.3, -0.25) is 0 Å². The van der Waals surface area contributed by atoms with Crippen molar-refractivity contribution in [2.75, 3.05) is 7.11 Å². The molecule has 0 bridgehead atoms. The first-order chi connectivity index (χ1) is 14.5. The molecule has 2 aromatic carbocycles. The molecule has 30 heavy (non-hydrogen) atoms. The number of fused-ring (bicyclic) bond motifs is 1. The lowest BCUT2D eigenvalue weighted by atomic mass is 10.2. The van der Waals surface area contributed by atoms with E-state index >= 15 is 0 Å². The molecule has 0 fully saturated rings. The third-order valence-electron chi connectivity index (χ3n) is 4.60. The van der Waals surface area contributed by atoms with Gasteiger partial charge in [-0.15, -0.1) is 0 Å². The van der Waals surface area contributed by atoms with E-state index in [0.29, 0.717) is 28.6 Å². The minimum Gasteiger partial charge on any atom is -0.497 e. The third-order valence-corrected chi connectivity index (χ3v) is 6.27. The van der Waals surface area contributed by atoms with Crippen LogP contribution in [0.2, 0.25) is 5.02 Å². The van der Waals surface area contributed by atoms with Gasteiger partial charge in [-0.2, -0.15) is 0 Å². The van der Waals surface area contributed by atoms with Crippen molar-refractivity contribution in [1.82, 2.24) is 19.3 Å². The Balaban J connectivity index is 1.65. The number of pyridine rings is 1. The van der Waals surface area contributed by atoms with Crippen LogP contribution in [-0.4, -0.2) is 30.1 Å². The Bertz CT molecular complexity index is 1290. The average Bonchev–Trinajstić information content (AvgIpc) is 3.10. The lowest BCUT2D eigenvalue weighted by molar-refractivity contribution is 0.414. The monoisotopic (exact) mass is 442 g/mol. The van der Waals surface area contributed by atoms with E-state index in [1.54, 1.807) is 19.4 Å². The van der Waals surface area contributed by atoms with Crippen molar-refractivity contribution in [3.05, 3.63) is 83.3 Å². The fourth-order valence-electron chi connectivity index (χ4n) is 3.12. The number of halogens is 1. The quantitative estimate of drug-likeness (QED) is 0.472. The summed E-state index contributed by atoms with van der Waals surface area (Å²) >= 11 is 5.85. The lowest BCUT2D eigenvalue weighted by Gasteiger charge is -2.11. The van der Waals surface area contributed by atoms with Crippen molar-refractivity contribution in [2.45, 2.75) is 18.0 Å². The molecule has 4 aromatic rings. The first kappa shape index (κ1) is 20.3. The summed E-state index contributed by atoms with van der Waals surface area (Å²) in [6.45, 7) is 0.494. The molecule has 0 amide bonds. The molecular formula is C21H19ClN4O3S. The summed E-state index contributed by atoms with van der Waals surface area (Å²) in [5.74, 6) is 1.30. The number of ether oxygens (including phenoxy) is 1. The normalized spacial score (nSPS) is 11.7. The summed E-state index contributed by atoms with van der Waals surface area (Å²) in [5, 5.41) is 0.472. The van der Waals surface area contributed by atoms with Gasteiger partial charge in [-0.25, -0.2) is 23.1 Å². The zero-order chi connectivity index (χ0) is 21.1. The number of hydrogen-bond donors (Lipinski definition) is 1. The van der Waals surface area contributed by atoms with Gasteiger partial charge in [0, 0.05) is 11.2 Å². The standard InChI is InChI=1S/C21H19ClN4O3S/c1-29-17-5-2-4-15(12-17)14-26-20(25-19-6-3-11-23-21(19)26)13-24-30(27,28)18-9-7-16(22)8-10-18/h2-12,24H,13-14H2,1H3. The second-order valence-electron chi connectivity index (χ2n) is 6.59. The lowest BCUT2D eigenvalue weighted by Crippen LogP contribution is -2.25. The number of aromatic nitrogens is 3. The van der Waals surface area contributed by atoms with Gasteiger partial charge in [-0.05, 0) is 54.1 Å². The third kappa shape index (κ3) is 4.30. The van der Waals surface area contributed by atoms with Gasteiger partial charge in [0.2, 0.25) is 10.0 Å². The summed E-state index contributed by atoms with van der Waals surface area (Å²) in [5.41, 5.74) is 2.36. The molecular weight excluding hydrogens is 424 g/mol. The summed E-state index contributed by atoms with van der Waals surface area (Å²) < 4.78 is 35.1. The Morgan fingerprint density at radius 2 is 1.90 bits per heavy atom. The van der Waals surface area contributed by atoms with Gasteiger partial charge in [0.15, 0.2) is 5.65 Å². The van der Waals surface area contributed by atoms with Crippen LogP contribution >= 0.6 is 11.6 Å². The van der Waals surface area contributed by atoms with E-state index in [-0.39, 0.29) is 11.4 Å². The number of hydrogen-bond acceptors (Lipinski definition) is 5. The number of sulfonamides is 1. The summed E-state index contributed by atoms with van der Waals surface area (Å²) in [7, 11) is -2.10. The number of benzene rings is 2. The van der Waals surface area contributed by atoms with E-state index in [1.807, 2.05) is 34.9 Å². The Kier molecular flexibility index (Phi) is 5.72. The molecule has 0 unspecified atom stereocenters. The largest absolute Gasteiger partial charge is 0.497 e. The predicted molar refractivity (Wildman–Crippen MR) is 115 cm³/mol. The SMILES string of the molecule is COc1cccc(Cn2c(CNS(=O)(=O)c3ccc(Cl)cc3)nc3cccnc32)c1. The van der Waals surface area contributed by atoms with Gasteiger partial charge in [0.25, 0.3) is 0 Å². The molecule has 0 aliphatic heterocycles. The van der Waals surface area contributed by atoms with Crippen LogP contribution in [-0.2, 0) is 23.1 Å². The highest BCUT2D eigenvalue weighted by Crippen LogP contribution is 2.20. The minimum absolute atomic E-state index is 0.0191. The fraction of sp³-hybridized carbons (Fsp3) is 0.143. The summed E-state index contributed by atoms with van der Waals surface area (Å²) in [6, 6.07) is 17.3. The molecule has 0 spiro atoms. The Labute approximate surface area is 179 Å². The highest BCUT2D eigenvalue weighted by Gasteiger charge is 2.18. The van der Waals surface area contributed by atoms with Crippen molar-refractivity contribution >= 4 is 32.8 Å². The van der Waals surface area contributed by atoms with Gasteiger partial charge < -0.3 is 9.30 Å². The first-order valence-corrected chi connectivity index (χ1v) is 11.0. The van der Waals surface area contributed by atoms with Crippen LogP contribution in [0.3, 0.4) is 0 Å². The maximum Gasteiger partial charge on any atom is 0.240 e. The van der Waals surface area contributed by atoms with Crippen LogP contribution in [0.1, 0.15) is 11.4 Å². The Hall–Kier alpha value is -2.94. The van der Waals surface area contributed by atoms with Gasteiger partial charge >= 0.3 is 0 Å². The second-order valence-corrected chi connectivity index (χ2v) is 8.79. The predicted octanol–water partition coefficient (Wildman–Crippen LogP) is 3.62. The fourth-order valence-corrected chi connectivity index (χ4v) is 4.22. The maximum absolute atomic E-state index is 12.7. The molecule has 154 valence electrons. The molecule has 2 heterocycles. The van der Waals surface area contributed by atoms with E-state index in [4.69, 9.17) is 16.3 Å². The van der Waals surface area contributed by atoms with E-state index in [2.05, 4.69) is 14.7 Å². The molecule has 1 N–H and O–H groups in total. The van der Waals surface area contributed by atoms with Crippen LogP contribution in [0.15, 0.2) is 71.8 Å². The number of imidazole rings is 1. The number of methoxy groups -OCH3 is 1. The molecule has 4 rings (SSSR count). The molecule has 0 atom stereocenters. The van der Waals surface area contributed by atoms with Crippen molar-refractivity contribution in [3.8, 4) is 5.75 Å². The molecule has 2 aromatic heterocycles. The van der Waals surface area contributed by atoms with Gasteiger partial charge in [0.1, 0.15) is 17.1 Å². The van der Waals surface area contributed by atoms with Crippen LogP contribution in [0.4, 0.5) is 0 Å². The zero-order valence-electron chi connectivity index (χ0n) is 16.1. The Morgan fingerprint density at radius 1 is 1.10 bits per heavy atom. The van der Waals surface area contributed by atoms with Crippen LogP contribution in [0, 0.1) is 0 Å². The van der Waals surface area contributed by atoms with E-state index < -0.39 is 10.0 Å². The van der Waals surface area contributed by atoms with Crippen LogP contribution in [0.5, 0.6) is 5.75 Å². The molecule has 7 nitrogen and oxygen atoms in total. The topological polar surface area (TPSA) is 86.1 Å². The molecule has 0 aliphatic rings. The van der Waals surface area contributed by atoms with Crippen LogP contribution in [0.25, 0.3) is 11.2 Å². The maximum atomic E-state index is 12.7. The molecule has 0 saturated heterocycles.